The van der Waals surface area contributed by atoms with Crippen LogP contribution in [0.25, 0.3) is 5.69 Å². The number of ether oxygens (including phenoxy) is 1. The van der Waals surface area contributed by atoms with E-state index in [4.69, 9.17) is 4.74 Å². The Hall–Kier alpha value is -3.54. The zero-order valence-corrected chi connectivity index (χ0v) is 13.4. The molecule has 2 N–H and O–H groups in total. The van der Waals surface area contributed by atoms with E-state index in [0.717, 1.165) is 5.69 Å². The average molecular weight is 335 g/mol. The van der Waals surface area contributed by atoms with Gasteiger partial charge in [0, 0.05) is 11.8 Å². The Bertz CT molecular complexity index is 942. The van der Waals surface area contributed by atoms with E-state index >= 15 is 0 Å². The molecule has 0 aliphatic carbocycles. The number of rotatable bonds is 6. The van der Waals surface area contributed by atoms with Crippen LogP contribution in [0.5, 0.6) is 0 Å². The highest BCUT2D eigenvalue weighted by molar-refractivity contribution is 5.90. The van der Waals surface area contributed by atoms with Crippen molar-refractivity contribution in [2.24, 2.45) is 0 Å². The van der Waals surface area contributed by atoms with Crippen molar-refractivity contribution in [2.45, 2.75) is 0 Å². The summed E-state index contributed by atoms with van der Waals surface area (Å²) in [5, 5.41) is 6.07. The van der Waals surface area contributed by atoms with Crippen molar-refractivity contribution in [1.82, 2.24) is 9.78 Å². The molecule has 0 unspecified atom stereocenters. The number of H-pyrrole nitrogens is 1. The van der Waals surface area contributed by atoms with E-state index in [1.165, 1.54) is 16.8 Å². The molecule has 1 aromatic heterocycles. The van der Waals surface area contributed by atoms with Crippen molar-refractivity contribution in [3.63, 3.8) is 0 Å². The Morgan fingerprint density at radius 2 is 1.96 bits per heavy atom. The molecule has 1 heterocycles. The molecule has 0 amide bonds. The summed E-state index contributed by atoms with van der Waals surface area (Å²) in [7, 11) is 0. The first kappa shape index (κ1) is 16.3. The van der Waals surface area contributed by atoms with Gasteiger partial charge in [0.1, 0.15) is 12.4 Å². The minimum absolute atomic E-state index is 0.156. The van der Waals surface area contributed by atoms with Crippen LogP contribution in [-0.2, 0) is 4.74 Å². The lowest BCUT2D eigenvalue weighted by Gasteiger charge is -2.07. The van der Waals surface area contributed by atoms with Crippen molar-refractivity contribution in [1.29, 1.82) is 0 Å². The summed E-state index contributed by atoms with van der Waals surface area (Å²) in [6.45, 7) is 3.67. The number of aromatic amines is 1. The standard InChI is InChI=1S/C19H17N3O3/c1-2-11-25-19(24)14-7-6-8-15(12-14)20-17-13-18(23)22(21-17)16-9-4-3-5-10-16/h2-10,12-13,20-21H,1,11H2. The van der Waals surface area contributed by atoms with Crippen molar-refractivity contribution in [3.8, 4) is 5.69 Å². The number of hydrogen-bond donors (Lipinski definition) is 2. The Balaban J connectivity index is 1.80. The maximum atomic E-state index is 12.1. The number of para-hydroxylation sites is 1. The highest BCUT2D eigenvalue weighted by Gasteiger charge is 2.09. The molecule has 0 bridgehead atoms. The Kier molecular flexibility index (Phi) is 4.80. The minimum Gasteiger partial charge on any atom is -0.458 e. The van der Waals surface area contributed by atoms with Gasteiger partial charge >= 0.3 is 5.97 Å². The first-order valence-corrected chi connectivity index (χ1v) is 7.70. The summed E-state index contributed by atoms with van der Waals surface area (Å²) in [6, 6.07) is 17.6. The molecular formula is C19H17N3O3. The van der Waals surface area contributed by atoms with E-state index in [9.17, 15) is 9.59 Å². The lowest BCUT2D eigenvalue weighted by molar-refractivity contribution is 0.0550. The second-order valence-electron chi connectivity index (χ2n) is 5.27. The molecule has 0 aliphatic heterocycles. The summed E-state index contributed by atoms with van der Waals surface area (Å²) in [5.41, 5.74) is 1.63. The maximum absolute atomic E-state index is 12.1. The van der Waals surface area contributed by atoms with Crippen LogP contribution in [0.15, 0.2) is 78.1 Å². The number of nitrogens with zero attached hydrogens (tertiary/aromatic N) is 1. The third kappa shape index (κ3) is 3.87. The second kappa shape index (κ2) is 7.35. The van der Waals surface area contributed by atoms with Gasteiger partial charge in [0.25, 0.3) is 5.56 Å². The molecule has 6 nitrogen and oxygen atoms in total. The van der Waals surface area contributed by atoms with Crippen LogP contribution >= 0.6 is 0 Å². The molecular weight excluding hydrogens is 318 g/mol. The van der Waals surface area contributed by atoms with Crippen molar-refractivity contribution >= 4 is 17.5 Å². The molecule has 0 spiro atoms. The fraction of sp³-hybridized carbons (Fsp3) is 0.0526. The van der Waals surface area contributed by atoms with Gasteiger partial charge in [-0.3, -0.25) is 9.89 Å². The SMILES string of the molecule is C=CCOC(=O)c1cccc(Nc2cc(=O)n(-c3ccccc3)[nH]2)c1. The summed E-state index contributed by atoms with van der Waals surface area (Å²) in [4.78, 5) is 24.0. The van der Waals surface area contributed by atoms with Crippen molar-refractivity contribution in [3.05, 3.63) is 89.2 Å². The van der Waals surface area contributed by atoms with Crippen LogP contribution < -0.4 is 10.9 Å². The third-order valence-electron chi connectivity index (χ3n) is 3.44. The Morgan fingerprint density at radius 1 is 1.16 bits per heavy atom. The fourth-order valence-electron chi connectivity index (χ4n) is 2.33. The van der Waals surface area contributed by atoms with Crippen molar-refractivity contribution < 1.29 is 9.53 Å². The second-order valence-corrected chi connectivity index (χ2v) is 5.27. The summed E-state index contributed by atoms with van der Waals surface area (Å²) in [5.74, 6) is 0.0874. The third-order valence-corrected chi connectivity index (χ3v) is 3.44. The maximum Gasteiger partial charge on any atom is 0.338 e. The molecule has 25 heavy (non-hydrogen) atoms. The number of aromatic nitrogens is 2. The minimum atomic E-state index is -0.432. The normalized spacial score (nSPS) is 10.2. The average Bonchev–Trinajstić information content (AvgIpc) is 3.00. The molecule has 126 valence electrons. The van der Waals surface area contributed by atoms with Gasteiger partial charge < -0.3 is 10.1 Å². The van der Waals surface area contributed by atoms with E-state index in [1.807, 2.05) is 30.3 Å². The number of benzene rings is 2. The van der Waals surface area contributed by atoms with E-state index in [2.05, 4.69) is 17.0 Å². The predicted molar refractivity (Wildman–Crippen MR) is 96.6 cm³/mol. The molecule has 0 fully saturated rings. The summed E-state index contributed by atoms with van der Waals surface area (Å²) < 4.78 is 6.45. The van der Waals surface area contributed by atoms with Crippen LogP contribution in [0.4, 0.5) is 11.5 Å². The zero-order chi connectivity index (χ0) is 17.6. The van der Waals surface area contributed by atoms with Gasteiger partial charge in [0.15, 0.2) is 0 Å². The van der Waals surface area contributed by atoms with Crippen LogP contribution in [0.1, 0.15) is 10.4 Å². The number of carbonyl (C=O) groups is 1. The zero-order valence-electron chi connectivity index (χ0n) is 13.4. The topological polar surface area (TPSA) is 76.1 Å². The number of esters is 1. The predicted octanol–water partition coefficient (Wildman–Crippen LogP) is 3.25. The van der Waals surface area contributed by atoms with E-state index in [-0.39, 0.29) is 12.2 Å². The fourth-order valence-corrected chi connectivity index (χ4v) is 2.33. The first-order valence-electron chi connectivity index (χ1n) is 7.70. The van der Waals surface area contributed by atoms with Crippen molar-refractivity contribution in [2.75, 3.05) is 11.9 Å². The smallest absolute Gasteiger partial charge is 0.338 e. The summed E-state index contributed by atoms with van der Waals surface area (Å²) >= 11 is 0. The summed E-state index contributed by atoms with van der Waals surface area (Å²) in [6.07, 6.45) is 1.51. The van der Waals surface area contributed by atoms with E-state index < -0.39 is 5.97 Å². The molecule has 0 saturated carbocycles. The van der Waals surface area contributed by atoms with Gasteiger partial charge in [-0.2, -0.15) is 0 Å². The van der Waals surface area contributed by atoms with Gasteiger partial charge in [-0.1, -0.05) is 36.9 Å². The van der Waals surface area contributed by atoms with Crippen LogP contribution in [0.3, 0.4) is 0 Å². The lowest BCUT2D eigenvalue weighted by atomic mass is 10.2. The van der Waals surface area contributed by atoms with Crippen LogP contribution in [-0.4, -0.2) is 22.4 Å². The molecule has 6 heteroatoms. The highest BCUT2D eigenvalue weighted by atomic mass is 16.5. The highest BCUT2D eigenvalue weighted by Crippen LogP contribution is 2.16. The molecule has 0 aliphatic rings. The molecule has 0 radical (unpaired) electrons. The lowest BCUT2D eigenvalue weighted by Crippen LogP contribution is -2.12. The number of hydrogen-bond acceptors (Lipinski definition) is 4. The molecule has 3 rings (SSSR count). The molecule has 0 saturated heterocycles. The largest absolute Gasteiger partial charge is 0.458 e. The van der Waals surface area contributed by atoms with E-state index in [1.54, 1.807) is 24.3 Å². The monoisotopic (exact) mass is 335 g/mol. The van der Waals surface area contributed by atoms with E-state index in [0.29, 0.717) is 17.1 Å². The molecule has 0 atom stereocenters. The number of carbonyl (C=O) groups excluding carboxylic acids is 1. The quantitative estimate of drug-likeness (QED) is 0.535. The Labute approximate surface area is 144 Å². The Morgan fingerprint density at radius 3 is 2.72 bits per heavy atom. The van der Waals surface area contributed by atoms with Gasteiger partial charge in [-0.25, -0.2) is 9.48 Å². The molecule has 3 aromatic rings. The number of nitrogens with one attached hydrogen (secondary N) is 2. The first-order chi connectivity index (χ1) is 12.2. The number of anilines is 2. The van der Waals surface area contributed by atoms with Crippen LogP contribution in [0, 0.1) is 0 Å². The van der Waals surface area contributed by atoms with Gasteiger partial charge in [0.05, 0.1) is 11.3 Å². The van der Waals surface area contributed by atoms with Gasteiger partial charge in [-0.05, 0) is 30.3 Å². The van der Waals surface area contributed by atoms with Crippen LogP contribution in [0.2, 0.25) is 0 Å². The van der Waals surface area contributed by atoms with Gasteiger partial charge in [-0.15, -0.1) is 0 Å². The molecule has 2 aromatic carbocycles. The van der Waals surface area contributed by atoms with Gasteiger partial charge in [0.2, 0.25) is 0 Å².